The van der Waals surface area contributed by atoms with Crippen LogP contribution >= 0.6 is 0 Å². The summed E-state index contributed by atoms with van der Waals surface area (Å²) in [6.07, 6.45) is 3.93. The second kappa shape index (κ2) is 9.48. The van der Waals surface area contributed by atoms with Crippen LogP contribution in [0.2, 0.25) is 0 Å². The number of nitrogens with one attached hydrogen (secondary N) is 1. The van der Waals surface area contributed by atoms with Crippen LogP contribution in [0.3, 0.4) is 0 Å². The number of aromatic nitrogens is 2. The standard InChI is InChI=1S/C22H24N4O/c1-3-4-14-27-20-12-10-18(11-13-20)16-23-26-22-24-17(2)15-21(25-22)19-8-6-5-7-9-19/h5-13,15-16H,3-4,14H2,1-2H3,(H,24,25,26)/b23-16+. The van der Waals surface area contributed by atoms with Crippen LogP contribution < -0.4 is 10.2 Å². The number of hydrazone groups is 1. The zero-order valence-electron chi connectivity index (χ0n) is 15.7. The van der Waals surface area contributed by atoms with Gasteiger partial charge in [-0.1, -0.05) is 43.7 Å². The van der Waals surface area contributed by atoms with Gasteiger partial charge in [-0.3, -0.25) is 0 Å². The monoisotopic (exact) mass is 360 g/mol. The van der Waals surface area contributed by atoms with Crippen molar-refractivity contribution >= 4 is 12.2 Å². The molecule has 1 N–H and O–H groups in total. The normalized spacial score (nSPS) is 10.9. The summed E-state index contributed by atoms with van der Waals surface area (Å²) in [7, 11) is 0. The van der Waals surface area contributed by atoms with Crippen molar-refractivity contribution in [2.45, 2.75) is 26.7 Å². The Morgan fingerprint density at radius 3 is 2.56 bits per heavy atom. The number of rotatable bonds is 8. The van der Waals surface area contributed by atoms with Gasteiger partial charge in [0, 0.05) is 11.3 Å². The summed E-state index contributed by atoms with van der Waals surface area (Å²) in [6.45, 7) is 4.84. The fraction of sp³-hybridized carbons (Fsp3) is 0.227. The minimum Gasteiger partial charge on any atom is -0.494 e. The van der Waals surface area contributed by atoms with Gasteiger partial charge in [-0.25, -0.2) is 15.4 Å². The van der Waals surface area contributed by atoms with Crippen molar-refractivity contribution in [3.63, 3.8) is 0 Å². The number of hydrogen-bond donors (Lipinski definition) is 1. The molecule has 0 fully saturated rings. The highest BCUT2D eigenvalue weighted by Crippen LogP contribution is 2.18. The van der Waals surface area contributed by atoms with E-state index in [0.717, 1.165) is 47.7 Å². The van der Waals surface area contributed by atoms with E-state index in [9.17, 15) is 0 Å². The third-order valence-corrected chi connectivity index (χ3v) is 3.95. The van der Waals surface area contributed by atoms with E-state index in [4.69, 9.17) is 4.74 Å². The Balaban J connectivity index is 1.63. The van der Waals surface area contributed by atoms with E-state index >= 15 is 0 Å². The maximum Gasteiger partial charge on any atom is 0.244 e. The highest BCUT2D eigenvalue weighted by Gasteiger charge is 2.03. The maximum absolute atomic E-state index is 5.66. The summed E-state index contributed by atoms with van der Waals surface area (Å²) in [5, 5.41) is 4.25. The van der Waals surface area contributed by atoms with Crippen molar-refractivity contribution in [3.05, 3.63) is 71.9 Å². The fourth-order valence-electron chi connectivity index (χ4n) is 2.52. The van der Waals surface area contributed by atoms with Gasteiger partial charge in [0.05, 0.1) is 18.5 Å². The molecule has 2 aromatic carbocycles. The molecular formula is C22H24N4O. The molecule has 0 saturated carbocycles. The number of unbranched alkanes of at least 4 members (excludes halogenated alkanes) is 1. The Bertz CT molecular complexity index is 877. The molecule has 5 heteroatoms. The van der Waals surface area contributed by atoms with Gasteiger partial charge in [-0.15, -0.1) is 0 Å². The van der Waals surface area contributed by atoms with Gasteiger partial charge in [-0.2, -0.15) is 5.10 Å². The van der Waals surface area contributed by atoms with E-state index in [1.165, 1.54) is 0 Å². The molecule has 1 heterocycles. The Labute approximate surface area is 160 Å². The van der Waals surface area contributed by atoms with Crippen molar-refractivity contribution in [2.75, 3.05) is 12.0 Å². The summed E-state index contributed by atoms with van der Waals surface area (Å²) in [6, 6.07) is 19.8. The number of anilines is 1. The van der Waals surface area contributed by atoms with E-state index in [1.807, 2.05) is 67.6 Å². The van der Waals surface area contributed by atoms with Crippen LogP contribution in [-0.4, -0.2) is 22.8 Å². The Hall–Kier alpha value is -3.21. The smallest absolute Gasteiger partial charge is 0.244 e. The van der Waals surface area contributed by atoms with Crippen molar-refractivity contribution in [2.24, 2.45) is 5.10 Å². The van der Waals surface area contributed by atoms with Crippen LogP contribution in [0.15, 0.2) is 65.8 Å². The molecule has 1 aromatic heterocycles. The molecular weight excluding hydrogens is 336 g/mol. The van der Waals surface area contributed by atoms with Gasteiger partial charge in [0.2, 0.25) is 5.95 Å². The molecule has 27 heavy (non-hydrogen) atoms. The first-order valence-electron chi connectivity index (χ1n) is 9.17. The zero-order chi connectivity index (χ0) is 18.9. The van der Waals surface area contributed by atoms with Crippen molar-refractivity contribution < 1.29 is 4.74 Å². The first-order valence-corrected chi connectivity index (χ1v) is 9.17. The lowest BCUT2D eigenvalue weighted by Crippen LogP contribution is -2.00. The van der Waals surface area contributed by atoms with Gasteiger partial charge in [0.25, 0.3) is 0 Å². The number of ether oxygens (including phenoxy) is 1. The lowest BCUT2D eigenvalue weighted by molar-refractivity contribution is 0.309. The highest BCUT2D eigenvalue weighted by molar-refractivity contribution is 5.80. The molecule has 0 bridgehead atoms. The van der Waals surface area contributed by atoms with Gasteiger partial charge in [0.15, 0.2) is 0 Å². The summed E-state index contributed by atoms with van der Waals surface area (Å²) in [5.41, 5.74) is 6.69. The molecule has 0 aliphatic heterocycles. The van der Waals surface area contributed by atoms with Crippen LogP contribution in [0.25, 0.3) is 11.3 Å². The third kappa shape index (κ3) is 5.64. The van der Waals surface area contributed by atoms with Gasteiger partial charge in [0.1, 0.15) is 5.75 Å². The predicted molar refractivity (Wildman–Crippen MR) is 110 cm³/mol. The first-order chi connectivity index (χ1) is 13.2. The second-order valence-electron chi connectivity index (χ2n) is 6.23. The predicted octanol–water partition coefficient (Wildman–Crippen LogP) is 5.08. The van der Waals surface area contributed by atoms with Gasteiger partial charge in [-0.05, 0) is 49.2 Å². The van der Waals surface area contributed by atoms with E-state index in [0.29, 0.717) is 5.95 Å². The lowest BCUT2D eigenvalue weighted by Gasteiger charge is -2.06. The molecule has 0 amide bonds. The van der Waals surface area contributed by atoms with Gasteiger partial charge >= 0.3 is 0 Å². The van der Waals surface area contributed by atoms with E-state index in [1.54, 1.807) is 6.21 Å². The lowest BCUT2D eigenvalue weighted by atomic mass is 10.1. The molecule has 0 aliphatic carbocycles. The average molecular weight is 360 g/mol. The largest absolute Gasteiger partial charge is 0.494 e. The summed E-state index contributed by atoms with van der Waals surface area (Å²) >= 11 is 0. The van der Waals surface area contributed by atoms with Crippen LogP contribution in [0, 0.1) is 6.92 Å². The fourth-order valence-corrected chi connectivity index (χ4v) is 2.52. The van der Waals surface area contributed by atoms with Crippen molar-refractivity contribution in [1.82, 2.24) is 9.97 Å². The molecule has 0 radical (unpaired) electrons. The van der Waals surface area contributed by atoms with Crippen molar-refractivity contribution in [3.8, 4) is 17.0 Å². The topological polar surface area (TPSA) is 59.4 Å². The molecule has 138 valence electrons. The quantitative estimate of drug-likeness (QED) is 0.346. The minimum absolute atomic E-state index is 0.477. The molecule has 0 atom stereocenters. The van der Waals surface area contributed by atoms with E-state index in [2.05, 4.69) is 27.4 Å². The Morgan fingerprint density at radius 1 is 1.04 bits per heavy atom. The zero-order valence-corrected chi connectivity index (χ0v) is 15.7. The third-order valence-electron chi connectivity index (χ3n) is 3.95. The van der Waals surface area contributed by atoms with Crippen LogP contribution in [0.4, 0.5) is 5.95 Å². The minimum atomic E-state index is 0.477. The van der Waals surface area contributed by atoms with Crippen LogP contribution in [0.1, 0.15) is 31.0 Å². The highest BCUT2D eigenvalue weighted by atomic mass is 16.5. The SMILES string of the molecule is CCCCOc1ccc(/C=N/Nc2nc(C)cc(-c3ccccc3)n2)cc1. The maximum atomic E-state index is 5.66. The number of aryl methyl sites for hydroxylation is 1. The van der Waals surface area contributed by atoms with Crippen molar-refractivity contribution in [1.29, 1.82) is 0 Å². The number of hydrogen-bond acceptors (Lipinski definition) is 5. The van der Waals surface area contributed by atoms with Gasteiger partial charge < -0.3 is 4.74 Å². The second-order valence-corrected chi connectivity index (χ2v) is 6.23. The summed E-state index contributed by atoms with van der Waals surface area (Å²) < 4.78 is 5.66. The van der Waals surface area contributed by atoms with Crippen LogP contribution in [0.5, 0.6) is 5.75 Å². The molecule has 0 spiro atoms. The molecule has 3 aromatic rings. The molecule has 0 saturated heterocycles. The molecule has 0 aliphatic rings. The Morgan fingerprint density at radius 2 is 1.81 bits per heavy atom. The van der Waals surface area contributed by atoms with E-state index in [-0.39, 0.29) is 0 Å². The number of benzene rings is 2. The molecule has 3 rings (SSSR count). The number of nitrogens with zero attached hydrogens (tertiary/aromatic N) is 3. The van der Waals surface area contributed by atoms with E-state index < -0.39 is 0 Å². The first kappa shape index (κ1) is 18.6. The summed E-state index contributed by atoms with van der Waals surface area (Å²) in [4.78, 5) is 8.93. The Kier molecular flexibility index (Phi) is 6.52. The average Bonchev–Trinajstić information content (AvgIpc) is 2.70. The molecule has 5 nitrogen and oxygen atoms in total. The molecule has 0 unspecified atom stereocenters. The summed E-state index contributed by atoms with van der Waals surface area (Å²) in [5.74, 6) is 1.35. The van der Waals surface area contributed by atoms with Crippen LogP contribution in [-0.2, 0) is 0 Å².